The van der Waals surface area contributed by atoms with Gasteiger partial charge in [0, 0.05) is 25.0 Å². The predicted octanol–water partition coefficient (Wildman–Crippen LogP) is 3.03. The Hall–Kier alpha value is -3.09. The third kappa shape index (κ3) is 4.30. The molecule has 7 heteroatoms. The Morgan fingerprint density at radius 1 is 1.15 bits per heavy atom. The number of piperidine rings is 1. The molecule has 136 valence electrons. The highest BCUT2D eigenvalue weighted by atomic mass is 16.5. The molecule has 2 heterocycles. The van der Waals surface area contributed by atoms with Crippen molar-refractivity contribution < 1.29 is 19.8 Å². The molecule has 2 aromatic rings. The first kappa shape index (κ1) is 17.7. The Morgan fingerprint density at radius 3 is 2.54 bits per heavy atom. The zero-order valence-corrected chi connectivity index (χ0v) is 14.3. The second-order valence-electron chi connectivity index (χ2n) is 6.11. The quantitative estimate of drug-likeness (QED) is 0.470. The van der Waals surface area contributed by atoms with Crippen LogP contribution in [0.4, 0.5) is 5.69 Å². The molecule has 0 amide bonds. The Kier molecular flexibility index (Phi) is 5.68. The van der Waals surface area contributed by atoms with Crippen molar-refractivity contribution in [1.82, 2.24) is 4.98 Å². The summed E-state index contributed by atoms with van der Waals surface area (Å²) >= 11 is 0. The monoisotopic (exact) mass is 355 g/mol. The number of carboxylic acids is 1. The Bertz CT molecular complexity index is 784. The van der Waals surface area contributed by atoms with Gasteiger partial charge in [-0.25, -0.2) is 4.79 Å². The maximum Gasteiger partial charge on any atom is 0.335 e. The summed E-state index contributed by atoms with van der Waals surface area (Å²) in [6, 6.07) is 10.5. The second-order valence-corrected chi connectivity index (χ2v) is 6.11. The zero-order valence-electron chi connectivity index (χ0n) is 14.3. The SMILES string of the molecule is O=C(O)c1ccnc(/C(COc2ccc(N3CCCCC3)cc2)=N/O)c1. The Labute approximate surface area is 151 Å². The number of nitrogens with zero attached hydrogens (tertiary/aromatic N) is 3. The van der Waals surface area contributed by atoms with Crippen LogP contribution in [0.5, 0.6) is 5.75 Å². The number of carbonyl (C=O) groups is 1. The van der Waals surface area contributed by atoms with Gasteiger partial charge in [0.1, 0.15) is 18.1 Å². The number of anilines is 1. The number of rotatable bonds is 6. The molecule has 0 bridgehead atoms. The molecule has 7 nitrogen and oxygen atoms in total. The third-order valence-electron chi connectivity index (χ3n) is 4.36. The Morgan fingerprint density at radius 2 is 1.88 bits per heavy atom. The molecule has 2 N–H and O–H groups in total. The molecule has 1 fully saturated rings. The van der Waals surface area contributed by atoms with Crippen molar-refractivity contribution in [2.24, 2.45) is 5.16 Å². The highest BCUT2D eigenvalue weighted by molar-refractivity contribution is 6.01. The maximum atomic E-state index is 11.0. The van der Waals surface area contributed by atoms with E-state index in [0.717, 1.165) is 13.1 Å². The number of aromatic carboxylic acids is 1. The Balaban J connectivity index is 1.63. The lowest BCUT2D eigenvalue weighted by Crippen LogP contribution is -2.29. The summed E-state index contributed by atoms with van der Waals surface area (Å²) in [5, 5.41) is 21.4. The van der Waals surface area contributed by atoms with Gasteiger partial charge < -0.3 is 20.0 Å². The van der Waals surface area contributed by atoms with E-state index >= 15 is 0 Å². The molecule has 1 aliphatic heterocycles. The summed E-state index contributed by atoms with van der Waals surface area (Å²) in [5.41, 5.74) is 1.66. The summed E-state index contributed by atoms with van der Waals surface area (Å²) in [6.45, 7) is 2.13. The van der Waals surface area contributed by atoms with Gasteiger partial charge in [-0.1, -0.05) is 5.16 Å². The number of hydrogen-bond donors (Lipinski definition) is 2. The minimum atomic E-state index is -1.07. The van der Waals surface area contributed by atoms with Crippen LogP contribution in [-0.4, -0.2) is 46.7 Å². The number of carboxylic acid groups (broad SMARTS) is 1. The molecule has 0 atom stereocenters. The molecular formula is C19H21N3O4. The second kappa shape index (κ2) is 8.33. The summed E-state index contributed by atoms with van der Waals surface area (Å²) in [5.74, 6) is -0.429. The van der Waals surface area contributed by atoms with Gasteiger partial charge in [-0.2, -0.15) is 0 Å². The van der Waals surface area contributed by atoms with Crippen LogP contribution in [0, 0.1) is 0 Å². The zero-order chi connectivity index (χ0) is 18.4. The van der Waals surface area contributed by atoms with Crippen molar-refractivity contribution in [3.63, 3.8) is 0 Å². The highest BCUT2D eigenvalue weighted by Gasteiger charge is 2.13. The van der Waals surface area contributed by atoms with Crippen LogP contribution < -0.4 is 9.64 Å². The molecule has 0 spiro atoms. The van der Waals surface area contributed by atoms with Gasteiger partial charge in [0.25, 0.3) is 0 Å². The molecule has 26 heavy (non-hydrogen) atoms. The van der Waals surface area contributed by atoms with Crippen molar-refractivity contribution >= 4 is 17.4 Å². The molecule has 0 radical (unpaired) electrons. The minimum Gasteiger partial charge on any atom is -0.487 e. The first-order valence-electron chi connectivity index (χ1n) is 8.56. The van der Waals surface area contributed by atoms with E-state index in [1.54, 1.807) is 0 Å². The largest absolute Gasteiger partial charge is 0.487 e. The number of oxime groups is 1. The topological polar surface area (TPSA) is 95.3 Å². The molecule has 1 aliphatic rings. The van der Waals surface area contributed by atoms with E-state index in [1.165, 1.54) is 43.3 Å². The van der Waals surface area contributed by atoms with E-state index in [1.807, 2.05) is 24.3 Å². The number of benzene rings is 1. The van der Waals surface area contributed by atoms with Gasteiger partial charge in [0.2, 0.25) is 0 Å². The van der Waals surface area contributed by atoms with Crippen LogP contribution in [0.25, 0.3) is 0 Å². The lowest BCUT2D eigenvalue weighted by atomic mass is 10.1. The standard InChI is InChI=1S/C19H21N3O4/c23-19(24)14-8-9-20-17(12-14)18(21-25)13-26-16-6-4-15(5-7-16)22-10-2-1-3-11-22/h4-9,12,25H,1-3,10-11,13H2,(H,23,24)/b21-18+. The number of aromatic nitrogens is 1. The highest BCUT2D eigenvalue weighted by Crippen LogP contribution is 2.22. The first-order chi connectivity index (χ1) is 12.7. The van der Waals surface area contributed by atoms with Crippen molar-refractivity contribution in [3.05, 3.63) is 53.9 Å². The van der Waals surface area contributed by atoms with E-state index in [-0.39, 0.29) is 23.6 Å². The number of ether oxygens (including phenoxy) is 1. The van der Waals surface area contributed by atoms with E-state index in [0.29, 0.717) is 5.75 Å². The predicted molar refractivity (Wildman–Crippen MR) is 97.5 cm³/mol. The molecule has 1 saturated heterocycles. The van der Waals surface area contributed by atoms with Crippen LogP contribution in [0.3, 0.4) is 0 Å². The van der Waals surface area contributed by atoms with Crippen molar-refractivity contribution in [3.8, 4) is 5.75 Å². The summed E-state index contributed by atoms with van der Waals surface area (Å²) < 4.78 is 5.66. The van der Waals surface area contributed by atoms with Gasteiger partial charge in [-0.3, -0.25) is 4.98 Å². The molecular weight excluding hydrogens is 334 g/mol. The van der Waals surface area contributed by atoms with Crippen molar-refractivity contribution in [2.75, 3.05) is 24.6 Å². The maximum absolute atomic E-state index is 11.0. The lowest BCUT2D eigenvalue weighted by molar-refractivity contribution is 0.0696. The molecule has 3 rings (SSSR count). The van der Waals surface area contributed by atoms with E-state index in [9.17, 15) is 10.0 Å². The fourth-order valence-corrected chi connectivity index (χ4v) is 2.93. The van der Waals surface area contributed by atoms with Gasteiger partial charge in [-0.05, 0) is 55.7 Å². The van der Waals surface area contributed by atoms with Crippen LogP contribution >= 0.6 is 0 Å². The van der Waals surface area contributed by atoms with Gasteiger partial charge in [-0.15, -0.1) is 0 Å². The molecule has 1 aromatic heterocycles. The average molecular weight is 355 g/mol. The van der Waals surface area contributed by atoms with Crippen LogP contribution in [0.1, 0.15) is 35.3 Å². The molecule has 0 unspecified atom stereocenters. The lowest BCUT2D eigenvalue weighted by Gasteiger charge is -2.28. The van der Waals surface area contributed by atoms with Crippen LogP contribution in [0.2, 0.25) is 0 Å². The van der Waals surface area contributed by atoms with Gasteiger partial charge >= 0.3 is 5.97 Å². The fraction of sp³-hybridized carbons (Fsp3) is 0.316. The van der Waals surface area contributed by atoms with Gasteiger partial charge in [0.15, 0.2) is 0 Å². The smallest absolute Gasteiger partial charge is 0.335 e. The van der Waals surface area contributed by atoms with Crippen molar-refractivity contribution in [2.45, 2.75) is 19.3 Å². The number of pyridine rings is 1. The first-order valence-corrected chi connectivity index (χ1v) is 8.56. The minimum absolute atomic E-state index is 0.0182. The van der Waals surface area contributed by atoms with Crippen LogP contribution in [-0.2, 0) is 0 Å². The summed E-state index contributed by atoms with van der Waals surface area (Å²) in [6.07, 6.45) is 5.09. The van der Waals surface area contributed by atoms with E-state index in [2.05, 4.69) is 15.0 Å². The number of hydrogen-bond acceptors (Lipinski definition) is 6. The van der Waals surface area contributed by atoms with Crippen molar-refractivity contribution in [1.29, 1.82) is 0 Å². The van der Waals surface area contributed by atoms with E-state index < -0.39 is 5.97 Å². The molecule has 0 aliphatic carbocycles. The van der Waals surface area contributed by atoms with Gasteiger partial charge in [0.05, 0.1) is 11.3 Å². The summed E-state index contributed by atoms with van der Waals surface area (Å²) in [7, 11) is 0. The normalized spacial score (nSPS) is 14.9. The average Bonchev–Trinajstić information content (AvgIpc) is 2.70. The van der Waals surface area contributed by atoms with Crippen LogP contribution in [0.15, 0.2) is 47.8 Å². The molecule has 1 aromatic carbocycles. The third-order valence-corrected chi connectivity index (χ3v) is 4.36. The molecule has 0 saturated carbocycles. The summed E-state index contributed by atoms with van der Waals surface area (Å²) in [4.78, 5) is 17.4. The fourth-order valence-electron chi connectivity index (χ4n) is 2.93. The van der Waals surface area contributed by atoms with E-state index in [4.69, 9.17) is 9.84 Å².